The van der Waals surface area contributed by atoms with Crippen LogP contribution in [0.3, 0.4) is 0 Å². The van der Waals surface area contributed by atoms with Crippen LogP contribution >= 0.6 is 11.6 Å². The van der Waals surface area contributed by atoms with Gasteiger partial charge in [0.15, 0.2) is 17.4 Å². The first-order valence-electron chi connectivity index (χ1n) is 14.2. The number of carbonyl (C=O) groups is 1. The molecule has 39 heavy (non-hydrogen) atoms. The van der Waals surface area contributed by atoms with Gasteiger partial charge in [-0.25, -0.2) is 19.3 Å². The molecule has 0 bridgehead atoms. The number of rotatable bonds is 9. The zero-order chi connectivity index (χ0) is 28.4. The summed E-state index contributed by atoms with van der Waals surface area (Å²) < 4.78 is 16.6. The number of aromatic nitrogens is 3. The average molecular weight is 554 g/mol. The lowest BCUT2D eigenvalue weighted by Gasteiger charge is -2.30. The van der Waals surface area contributed by atoms with Crippen molar-refractivity contribution < 1.29 is 9.18 Å². The minimum absolute atomic E-state index is 0.0723. The van der Waals surface area contributed by atoms with E-state index in [-0.39, 0.29) is 28.7 Å². The number of carbonyl (C=O) groups excluding carboxylic acids is 1. The number of fused-ring (bicyclic) bond motifs is 2. The molecule has 1 atom stereocenters. The number of halogens is 2. The second-order valence-corrected chi connectivity index (χ2v) is 11.7. The molecule has 2 aromatic rings. The Bertz CT molecular complexity index is 1330. The van der Waals surface area contributed by atoms with Gasteiger partial charge in [0.2, 0.25) is 5.28 Å². The maximum Gasteiger partial charge on any atom is 0.224 e. The number of likely N-dealkylation sites (N-methyl/N-ethyl adjacent to an activating group) is 1. The van der Waals surface area contributed by atoms with Crippen molar-refractivity contribution >= 4 is 34.6 Å². The molecule has 2 aromatic heterocycles. The van der Waals surface area contributed by atoms with E-state index in [9.17, 15) is 4.79 Å². The zero-order valence-electron chi connectivity index (χ0n) is 24.3. The molecule has 6 nitrogen and oxygen atoms in total. The Kier molecular flexibility index (Phi) is 9.22. The SMILES string of the molecule is CCC/C(C)=C(\C(=O)C(C)C)C1=C(C(C)CC)c2c(cnc(Nc3nc(Cl)nc4c3CN(C)CC4)c2F)CC1. The summed E-state index contributed by atoms with van der Waals surface area (Å²) >= 11 is 6.25. The van der Waals surface area contributed by atoms with Crippen molar-refractivity contribution in [3.8, 4) is 0 Å². The fourth-order valence-corrected chi connectivity index (χ4v) is 5.97. The van der Waals surface area contributed by atoms with E-state index >= 15 is 4.39 Å². The maximum absolute atomic E-state index is 16.6. The summed E-state index contributed by atoms with van der Waals surface area (Å²) in [6, 6.07) is 0. The lowest BCUT2D eigenvalue weighted by atomic mass is 9.74. The number of pyridine rings is 1. The molecule has 4 rings (SSSR count). The second kappa shape index (κ2) is 12.3. The fourth-order valence-electron chi connectivity index (χ4n) is 5.78. The van der Waals surface area contributed by atoms with Gasteiger partial charge >= 0.3 is 0 Å². The Balaban J connectivity index is 1.90. The summed E-state index contributed by atoms with van der Waals surface area (Å²) in [6.45, 7) is 13.8. The van der Waals surface area contributed by atoms with Gasteiger partial charge in [-0.1, -0.05) is 46.6 Å². The molecule has 0 saturated carbocycles. The number of Topliss-reactive ketones (excluding diaryl/α,β-unsaturated/α-hetero) is 1. The number of ketones is 1. The number of hydrogen-bond donors (Lipinski definition) is 1. The van der Waals surface area contributed by atoms with E-state index in [1.54, 1.807) is 6.20 Å². The van der Waals surface area contributed by atoms with Gasteiger partial charge in [-0.15, -0.1) is 0 Å². The summed E-state index contributed by atoms with van der Waals surface area (Å²) in [7, 11) is 2.04. The molecule has 0 fully saturated rings. The number of nitrogens with one attached hydrogen (secondary N) is 1. The highest BCUT2D eigenvalue weighted by Gasteiger charge is 2.32. The molecule has 1 N–H and O–H groups in total. The first kappa shape index (κ1) is 29.3. The molecule has 0 saturated heterocycles. The van der Waals surface area contributed by atoms with Crippen LogP contribution in [0.2, 0.25) is 5.28 Å². The van der Waals surface area contributed by atoms with Crippen LogP contribution in [-0.4, -0.2) is 39.2 Å². The molecule has 210 valence electrons. The molecule has 0 aromatic carbocycles. The van der Waals surface area contributed by atoms with Crippen molar-refractivity contribution in [3.63, 3.8) is 0 Å². The Morgan fingerprint density at radius 2 is 1.90 bits per heavy atom. The normalized spacial score (nSPS) is 17.1. The molecular weight excluding hydrogens is 513 g/mol. The average Bonchev–Trinajstić information content (AvgIpc) is 2.90. The van der Waals surface area contributed by atoms with Crippen LogP contribution in [0.4, 0.5) is 16.0 Å². The molecule has 1 unspecified atom stereocenters. The van der Waals surface area contributed by atoms with Crippen LogP contribution in [0.5, 0.6) is 0 Å². The van der Waals surface area contributed by atoms with Crippen LogP contribution in [0.1, 0.15) is 89.6 Å². The number of hydrogen-bond acceptors (Lipinski definition) is 6. The number of allylic oxidation sites excluding steroid dienone is 4. The minimum Gasteiger partial charge on any atom is -0.322 e. The summed E-state index contributed by atoms with van der Waals surface area (Å²) in [6.07, 6.45) is 6.50. The van der Waals surface area contributed by atoms with Gasteiger partial charge in [-0.05, 0) is 73.9 Å². The molecule has 0 spiro atoms. The fraction of sp³-hybridized carbons (Fsp3) is 0.548. The highest BCUT2D eigenvalue weighted by Crippen LogP contribution is 2.44. The predicted octanol–water partition coefficient (Wildman–Crippen LogP) is 7.48. The zero-order valence-corrected chi connectivity index (χ0v) is 25.1. The Morgan fingerprint density at radius 1 is 1.15 bits per heavy atom. The van der Waals surface area contributed by atoms with Crippen molar-refractivity contribution in [1.82, 2.24) is 19.9 Å². The van der Waals surface area contributed by atoms with E-state index in [0.29, 0.717) is 30.8 Å². The third kappa shape index (κ3) is 5.94. The lowest BCUT2D eigenvalue weighted by Crippen LogP contribution is -2.28. The third-order valence-corrected chi connectivity index (χ3v) is 8.20. The van der Waals surface area contributed by atoms with Crippen molar-refractivity contribution in [2.75, 3.05) is 18.9 Å². The van der Waals surface area contributed by atoms with Crippen molar-refractivity contribution in [2.24, 2.45) is 11.8 Å². The summed E-state index contributed by atoms with van der Waals surface area (Å²) in [5.74, 6) is 0.277. The number of nitrogens with zero attached hydrogens (tertiary/aromatic N) is 4. The first-order valence-corrected chi connectivity index (χ1v) is 14.6. The van der Waals surface area contributed by atoms with E-state index in [2.05, 4.69) is 52.9 Å². The van der Waals surface area contributed by atoms with Gasteiger partial charge in [-0.2, -0.15) is 0 Å². The topological polar surface area (TPSA) is 71.0 Å². The number of anilines is 2. The second-order valence-electron chi connectivity index (χ2n) is 11.3. The van der Waals surface area contributed by atoms with Crippen LogP contribution in [0, 0.1) is 17.7 Å². The summed E-state index contributed by atoms with van der Waals surface area (Å²) in [5.41, 5.74) is 7.08. The Labute approximate surface area is 237 Å². The van der Waals surface area contributed by atoms with Crippen LogP contribution < -0.4 is 5.32 Å². The highest BCUT2D eigenvalue weighted by molar-refractivity contribution is 6.28. The van der Waals surface area contributed by atoms with E-state index in [1.165, 1.54) is 0 Å². The highest BCUT2D eigenvalue weighted by atomic mass is 35.5. The van der Waals surface area contributed by atoms with Gasteiger partial charge in [0.25, 0.3) is 0 Å². The molecule has 1 aliphatic heterocycles. The number of aryl methyl sites for hydroxylation is 1. The van der Waals surface area contributed by atoms with Crippen molar-refractivity contribution in [2.45, 2.75) is 86.6 Å². The molecule has 8 heteroatoms. The summed E-state index contributed by atoms with van der Waals surface area (Å²) in [5, 5.41) is 3.30. The van der Waals surface area contributed by atoms with Crippen molar-refractivity contribution in [3.05, 3.63) is 56.4 Å². The van der Waals surface area contributed by atoms with Gasteiger partial charge < -0.3 is 10.2 Å². The van der Waals surface area contributed by atoms with Gasteiger partial charge in [-0.3, -0.25) is 4.79 Å². The van der Waals surface area contributed by atoms with Gasteiger partial charge in [0.05, 0.1) is 5.69 Å². The largest absolute Gasteiger partial charge is 0.322 e. The predicted molar refractivity (Wildman–Crippen MR) is 157 cm³/mol. The van der Waals surface area contributed by atoms with Crippen LogP contribution in [0.15, 0.2) is 22.9 Å². The van der Waals surface area contributed by atoms with Crippen LogP contribution in [-0.2, 0) is 24.2 Å². The monoisotopic (exact) mass is 553 g/mol. The molecule has 1 aliphatic carbocycles. The third-order valence-electron chi connectivity index (χ3n) is 8.03. The Morgan fingerprint density at radius 3 is 2.56 bits per heavy atom. The standard InChI is InChI=1S/C31H41ClFN5O/c1-8-10-19(6)25(28(39)17(3)4)21-12-11-20-15-34-30(27(33)26(20)24(21)18(5)9-2)36-29-22-16-38(7)14-13-23(22)35-31(32)37-29/h15,17-18H,8-14,16H2,1-7H3,(H,34,35,36,37)/b25-19-. The molecular formula is C31H41ClFN5O. The molecule has 0 radical (unpaired) electrons. The smallest absolute Gasteiger partial charge is 0.224 e. The Hall–Kier alpha value is -2.64. The van der Waals surface area contributed by atoms with Crippen molar-refractivity contribution in [1.29, 1.82) is 0 Å². The first-order chi connectivity index (χ1) is 18.6. The summed E-state index contributed by atoms with van der Waals surface area (Å²) in [4.78, 5) is 29.1. The molecule has 2 aliphatic rings. The van der Waals surface area contributed by atoms with E-state index in [1.807, 2.05) is 20.9 Å². The minimum atomic E-state index is -0.405. The van der Waals surface area contributed by atoms with E-state index < -0.39 is 5.82 Å². The molecule has 3 heterocycles. The van der Waals surface area contributed by atoms with Crippen LogP contribution in [0.25, 0.3) is 5.57 Å². The molecule has 0 amide bonds. The lowest BCUT2D eigenvalue weighted by molar-refractivity contribution is -0.118. The van der Waals surface area contributed by atoms with E-state index in [4.69, 9.17) is 11.6 Å². The maximum atomic E-state index is 16.6. The van der Waals surface area contributed by atoms with E-state index in [0.717, 1.165) is 71.3 Å². The van der Waals surface area contributed by atoms with Gasteiger partial charge in [0, 0.05) is 48.3 Å². The van der Waals surface area contributed by atoms with Gasteiger partial charge in [0.1, 0.15) is 5.82 Å². The quantitative estimate of drug-likeness (QED) is 0.256.